The number of halogens is 1. The van der Waals surface area contributed by atoms with E-state index in [0.717, 1.165) is 24.9 Å². The van der Waals surface area contributed by atoms with Gasteiger partial charge in [-0.1, -0.05) is 29.8 Å². The van der Waals surface area contributed by atoms with Gasteiger partial charge in [0.1, 0.15) is 0 Å². The highest BCUT2D eigenvalue weighted by Crippen LogP contribution is 2.14. The first kappa shape index (κ1) is 14.3. The van der Waals surface area contributed by atoms with Crippen LogP contribution < -0.4 is 5.32 Å². The summed E-state index contributed by atoms with van der Waals surface area (Å²) in [4.78, 5) is 13.8. The molecule has 2 rings (SSSR count). The molecule has 0 aromatic heterocycles. The van der Waals surface area contributed by atoms with Gasteiger partial charge >= 0.3 is 0 Å². The van der Waals surface area contributed by atoms with Gasteiger partial charge in [0.25, 0.3) is 0 Å². The minimum absolute atomic E-state index is 0.0333. The van der Waals surface area contributed by atoms with Gasteiger partial charge in [0, 0.05) is 18.1 Å². The van der Waals surface area contributed by atoms with Crippen LogP contribution >= 0.6 is 11.6 Å². The molecule has 4 nitrogen and oxygen atoms in total. The number of piperidine rings is 1. The van der Waals surface area contributed by atoms with Crippen molar-refractivity contribution in [3.8, 4) is 0 Å². The number of carbonyl (C=O) groups is 1. The molecule has 5 heteroatoms. The van der Waals surface area contributed by atoms with Gasteiger partial charge in [-0.25, -0.2) is 0 Å². The standard InChI is InChI=1S/C14H19ClN2O2/c15-13-6-2-1-4-11(13)8-16-14(19)10-17-7-3-5-12(18)9-17/h1-2,4,6,12,18H,3,5,7-10H2,(H,16,19)/t12-/m0/s1. The minimum Gasteiger partial charge on any atom is -0.392 e. The zero-order valence-corrected chi connectivity index (χ0v) is 11.6. The maximum absolute atomic E-state index is 11.8. The molecule has 1 saturated heterocycles. The van der Waals surface area contributed by atoms with Crippen molar-refractivity contribution in [2.75, 3.05) is 19.6 Å². The van der Waals surface area contributed by atoms with Crippen molar-refractivity contribution in [2.24, 2.45) is 0 Å². The SMILES string of the molecule is O=C(CN1CCC[C@H](O)C1)NCc1ccccc1Cl. The number of aliphatic hydroxyl groups is 1. The predicted octanol–water partition coefficient (Wildman–Crippen LogP) is 1.41. The van der Waals surface area contributed by atoms with Crippen LogP contribution in [0.3, 0.4) is 0 Å². The average Bonchev–Trinajstić information content (AvgIpc) is 2.38. The molecular weight excluding hydrogens is 264 g/mol. The first-order chi connectivity index (χ1) is 9.15. The molecule has 0 aliphatic carbocycles. The van der Waals surface area contributed by atoms with Gasteiger partial charge in [-0.2, -0.15) is 0 Å². The van der Waals surface area contributed by atoms with Gasteiger partial charge in [0.05, 0.1) is 12.6 Å². The summed E-state index contributed by atoms with van der Waals surface area (Å²) >= 11 is 6.02. The lowest BCUT2D eigenvalue weighted by atomic mass is 10.1. The summed E-state index contributed by atoms with van der Waals surface area (Å²) in [6, 6.07) is 7.47. The molecule has 1 amide bonds. The molecule has 1 aromatic carbocycles. The maximum atomic E-state index is 11.8. The normalized spacial score (nSPS) is 20.2. The number of nitrogens with zero attached hydrogens (tertiary/aromatic N) is 1. The molecule has 1 heterocycles. The highest BCUT2D eigenvalue weighted by atomic mass is 35.5. The average molecular weight is 283 g/mol. The second kappa shape index (κ2) is 6.89. The summed E-state index contributed by atoms with van der Waals surface area (Å²) in [5.41, 5.74) is 0.913. The number of amides is 1. The highest BCUT2D eigenvalue weighted by molar-refractivity contribution is 6.31. The fraction of sp³-hybridized carbons (Fsp3) is 0.500. The number of rotatable bonds is 4. The van der Waals surface area contributed by atoms with Crippen LogP contribution in [0.2, 0.25) is 5.02 Å². The summed E-state index contributed by atoms with van der Waals surface area (Å²) in [5.74, 6) is -0.0333. The molecule has 1 aromatic rings. The first-order valence-electron chi connectivity index (χ1n) is 6.55. The van der Waals surface area contributed by atoms with Gasteiger partial charge < -0.3 is 10.4 Å². The molecule has 0 unspecified atom stereocenters. The van der Waals surface area contributed by atoms with Gasteiger partial charge in [-0.15, -0.1) is 0 Å². The number of β-amino-alcohol motifs (C(OH)–C–C–N with tert-alkyl or cyclic N) is 1. The number of hydrogen-bond acceptors (Lipinski definition) is 3. The molecule has 19 heavy (non-hydrogen) atoms. The highest BCUT2D eigenvalue weighted by Gasteiger charge is 2.19. The molecular formula is C14H19ClN2O2. The quantitative estimate of drug-likeness (QED) is 0.878. The largest absolute Gasteiger partial charge is 0.392 e. The van der Waals surface area contributed by atoms with Crippen LogP contribution in [0.1, 0.15) is 18.4 Å². The smallest absolute Gasteiger partial charge is 0.234 e. The number of aliphatic hydroxyl groups excluding tert-OH is 1. The number of nitrogens with one attached hydrogen (secondary N) is 1. The summed E-state index contributed by atoms with van der Waals surface area (Å²) in [5, 5.41) is 13.1. The molecule has 2 N–H and O–H groups in total. The number of carbonyl (C=O) groups excluding carboxylic acids is 1. The van der Waals surface area contributed by atoms with E-state index in [-0.39, 0.29) is 12.0 Å². The molecule has 1 aliphatic rings. The van der Waals surface area contributed by atoms with E-state index < -0.39 is 0 Å². The molecule has 0 bridgehead atoms. The van der Waals surface area contributed by atoms with Crippen LogP contribution in [0.15, 0.2) is 24.3 Å². The molecule has 1 fully saturated rings. The van der Waals surface area contributed by atoms with Crippen molar-refractivity contribution in [3.05, 3.63) is 34.9 Å². The van der Waals surface area contributed by atoms with Crippen molar-refractivity contribution >= 4 is 17.5 Å². The summed E-state index contributed by atoms with van der Waals surface area (Å²) < 4.78 is 0. The third-order valence-electron chi connectivity index (χ3n) is 3.28. The predicted molar refractivity (Wildman–Crippen MR) is 75.0 cm³/mol. The van der Waals surface area contributed by atoms with Gasteiger partial charge in [0.2, 0.25) is 5.91 Å². The molecule has 0 spiro atoms. The first-order valence-corrected chi connectivity index (χ1v) is 6.93. The zero-order valence-electron chi connectivity index (χ0n) is 10.8. The molecule has 1 aliphatic heterocycles. The lowest BCUT2D eigenvalue weighted by Crippen LogP contribution is -2.44. The van der Waals surface area contributed by atoms with Crippen molar-refractivity contribution in [1.29, 1.82) is 0 Å². The Kier molecular flexibility index (Phi) is 5.19. The molecule has 1 atom stereocenters. The Morgan fingerprint density at radius 3 is 3.00 bits per heavy atom. The van der Waals surface area contributed by atoms with Crippen LogP contribution in [0, 0.1) is 0 Å². The topological polar surface area (TPSA) is 52.6 Å². The summed E-state index contributed by atoms with van der Waals surface area (Å²) in [7, 11) is 0. The maximum Gasteiger partial charge on any atom is 0.234 e. The lowest BCUT2D eigenvalue weighted by molar-refractivity contribution is -0.123. The van der Waals surface area contributed by atoms with E-state index in [9.17, 15) is 9.90 Å². The van der Waals surface area contributed by atoms with Gasteiger partial charge in [0.15, 0.2) is 0 Å². The van der Waals surface area contributed by atoms with E-state index in [1.807, 2.05) is 29.2 Å². The van der Waals surface area contributed by atoms with Crippen LogP contribution in [-0.4, -0.2) is 41.7 Å². The van der Waals surface area contributed by atoms with Crippen LogP contribution in [-0.2, 0) is 11.3 Å². The fourth-order valence-corrected chi connectivity index (χ4v) is 2.47. The summed E-state index contributed by atoms with van der Waals surface area (Å²) in [6.45, 7) is 2.23. The third kappa shape index (κ3) is 4.49. The monoisotopic (exact) mass is 282 g/mol. The van der Waals surface area contributed by atoms with Crippen molar-refractivity contribution in [1.82, 2.24) is 10.2 Å². The van der Waals surface area contributed by atoms with E-state index in [4.69, 9.17) is 11.6 Å². The number of likely N-dealkylation sites (tertiary alicyclic amines) is 1. The number of hydrogen-bond donors (Lipinski definition) is 2. The van der Waals surface area contributed by atoms with E-state index in [0.29, 0.717) is 24.7 Å². The molecule has 0 radical (unpaired) electrons. The Hall–Kier alpha value is -1.10. The Balaban J connectivity index is 1.77. The second-order valence-electron chi connectivity index (χ2n) is 4.90. The lowest BCUT2D eigenvalue weighted by Gasteiger charge is -2.29. The third-order valence-corrected chi connectivity index (χ3v) is 3.65. The van der Waals surface area contributed by atoms with Gasteiger partial charge in [-0.05, 0) is 31.0 Å². The van der Waals surface area contributed by atoms with Crippen molar-refractivity contribution in [3.63, 3.8) is 0 Å². The Morgan fingerprint density at radius 2 is 2.26 bits per heavy atom. The van der Waals surface area contributed by atoms with E-state index in [1.165, 1.54) is 0 Å². The minimum atomic E-state index is -0.301. The van der Waals surface area contributed by atoms with E-state index >= 15 is 0 Å². The molecule has 0 saturated carbocycles. The van der Waals surface area contributed by atoms with Crippen LogP contribution in [0.4, 0.5) is 0 Å². The fourth-order valence-electron chi connectivity index (χ4n) is 2.27. The molecule has 104 valence electrons. The zero-order chi connectivity index (χ0) is 13.7. The van der Waals surface area contributed by atoms with Gasteiger partial charge in [-0.3, -0.25) is 9.69 Å². The van der Waals surface area contributed by atoms with Crippen LogP contribution in [0.5, 0.6) is 0 Å². The van der Waals surface area contributed by atoms with E-state index in [1.54, 1.807) is 0 Å². The van der Waals surface area contributed by atoms with Crippen molar-refractivity contribution in [2.45, 2.75) is 25.5 Å². The van der Waals surface area contributed by atoms with E-state index in [2.05, 4.69) is 5.32 Å². The Bertz CT molecular complexity index is 439. The Labute approximate surface area is 118 Å². The Morgan fingerprint density at radius 1 is 1.47 bits per heavy atom. The van der Waals surface area contributed by atoms with Crippen molar-refractivity contribution < 1.29 is 9.90 Å². The summed E-state index contributed by atoms with van der Waals surface area (Å²) in [6.07, 6.45) is 1.47. The van der Waals surface area contributed by atoms with Crippen LogP contribution in [0.25, 0.3) is 0 Å². The number of benzene rings is 1. The second-order valence-corrected chi connectivity index (χ2v) is 5.31.